The van der Waals surface area contributed by atoms with Crippen LogP contribution in [0, 0.1) is 10.1 Å². The fourth-order valence-corrected chi connectivity index (χ4v) is 1.40. The van der Waals surface area contributed by atoms with Crippen molar-refractivity contribution < 1.29 is 9.66 Å². The molecule has 0 saturated carbocycles. The van der Waals surface area contributed by atoms with Crippen molar-refractivity contribution >= 4 is 16.6 Å². The van der Waals surface area contributed by atoms with E-state index in [4.69, 9.17) is 4.74 Å². The smallest absolute Gasteiger partial charge is 0.273 e. The molecule has 0 spiro atoms. The van der Waals surface area contributed by atoms with Crippen LogP contribution in [0.1, 0.15) is 0 Å². The van der Waals surface area contributed by atoms with Crippen LogP contribution < -0.4 is 4.74 Å². The lowest BCUT2D eigenvalue weighted by Crippen LogP contribution is -1.92. The maximum atomic E-state index is 10.6. The molecule has 0 aliphatic carbocycles. The Morgan fingerprint density at radius 3 is 2.93 bits per heavy atom. The fraction of sp³-hybridized carbons (Fsp3) is 0.100. The lowest BCUT2D eigenvalue weighted by molar-refractivity contribution is -0.384. The largest absolute Gasteiger partial charge is 0.494 e. The lowest BCUT2D eigenvalue weighted by Gasteiger charge is -2.03. The number of nitro groups is 1. The van der Waals surface area contributed by atoms with Gasteiger partial charge in [-0.15, -0.1) is 0 Å². The molecule has 76 valence electrons. The van der Waals surface area contributed by atoms with Gasteiger partial charge in [-0.25, -0.2) is 0 Å². The van der Waals surface area contributed by atoms with Crippen molar-refractivity contribution in [3.05, 3.63) is 40.6 Å². The second-order valence-corrected chi connectivity index (χ2v) is 2.98. The lowest BCUT2D eigenvalue weighted by atomic mass is 10.2. The zero-order valence-corrected chi connectivity index (χ0v) is 8.01. The zero-order valence-electron chi connectivity index (χ0n) is 8.01. The average molecular weight is 204 g/mol. The molecule has 15 heavy (non-hydrogen) atoms. The Hall–Kier alpha value is -2.17. The van der Waals surface area contributed by atoms with E-state index in [2.05, 4.69) is 4.98 Å². The summed E-state index contributed by atoms with van der Waals surface area (Å²) in [4.78, 5) is 14.3. The van der Waals surface area contributed by atoms with Crippen molar-refractivity contribution in [2.24, 2.45) is 0 Å². The number of non-ortho nitro benzene ring substituents is 1. The second-order valence-electron chi connectivity index (χ2n) is 2.98. The van der Waals surface area contributed by atoms with Gasteiger partial charge in [0.05, 0.1) is 18.1 Å². The van der Waals surface area contributed by atoms with Crippen molar-refractivity contribution in [2.45, 2.75) is 0 Å². The monoisotopic (exact) mass is 204 g/mol. The van der Waals surface area contributed by atoms with Gasteiger partial charge in [-0.05, 0) is 6.07 Å². The first kappa shape index (κ1) is 9.39. The van der Waals surface area contributed by atoms with Gasteiger partial charge in [0.15, 0.2) is 5.75 Å². The minimum absolute atomic E-state index is 0.00681. The highest BCUT2D eigenvalue weighted by molar-refractivity contribution is 5.86. The Kier molecular flexibility index (Phi) is 2.21. The molecular formula is C10H8N2O3. The molecule has 1 aromatic carbocycles. The van der Waals surface area contributed by atoms with E-state index < -0.39 is 4.92 Å². The highest BCUT2D eigenvalue weighted by Crippen LogP contribution is 2.28. The Morgan fingerprint density at radius 2 is 2.27 bits per heavy atom. The topological polar surface area (TPSA) is 65.3 Å². The molecule has 5 heteroatoms. The minimum Gasteiger partial charge on any atom is -0.494 e. The predicted octanol–water partition coefficient (Wildman–Crippen LogP) is 2.15. The van der Waals surface area contributed by atoms with Crippen molar-refractivity contribution in [1.29, 1.82) is 0 Å². The highest BCUT2D eigenvalue weighted by atomic mass is 16.6. The van der Waals surface area contributed by atoms with Crippen molar-refractivity contribution in [3.8, 4) is 5.75 Å². The molecule has 5 nitrogen and oxygen atoms in total. The SMILES string of the molecule is COc1cc([N+](=O)[O-])cc2cccnc12. The number of benzene rings is 1. The molecule has 0 saturated heterocycles. The van der Waals surface area contributed by atoms with E-state index in [0.717, 1.165) is 0 Å². The number of ether oxygens (including phenoxy) is 1. The Balaban J connectivity index is 2.77. The summed E-state index contributed by atoms with van der Waals surface area (Å²) in [7, 11) is 1.47. The van der Waals surface area contributed by atoms with Crippen molar-refractivity contribution in [1.82, 2.24) is 4.98 Å². The van der Waals surface area contributed by atoms with Crippen LogP contribution in [0.2, 0.25) is 0 Å². The summed E-state index contributed by atoms with van der Waals surface area (Å²) in [5.74, 6) is 0.416. The third-order valence-electron chi connectivity index (χ3n) is 2.09. The highest BCUT2D eigenvalue weighted by Gasteiger charge is 2.12. The summed E-state index contributed by atoms with van der Waals surface area (Å²) in [6.07, 6.45) is 1.62. The molecule has 2 rings (SSSR count). The van der Waals surface area contributed by atoms with E-state index in [9.17, 15) is 10.1 Å². The number of hydrogen-bond acceptors (Lipinski definition) is 4. The third-order valence-corrected chi connectivity index (χ3v) is 2.09. The number of hydrogen-bond donors (Lipinski definition) is 0. The van der Waals surface area contributed by atoms with Crippen LogP contribution in [0.25, 0.3) is 10.9 Å². The van der Waals surface area contributed by atoms with Crippen LogP contribution >= 0.6 is 0 Å². The Morgan fingerprint density at radius 1 is 1.47 bits per heavy atom. The second kappa shape index (κ2) is 3.53. The summed E-state index contributed by atoms with van der Waals surface area (Å²) in [5.41, 5.74) is 0.637. The van der Waals surface area contributed by atoms with E-state index in [1.54, 1.807) is 18.3 Å². The summed E-state index contributed by atoms with van der Waals surface area (Å²) in [6.45, 7) is 0. The van der Waals surface area contributed by atoms with Crippen LogP contribution in [0.3, 0.4) is 0 Å². The number of fused-ring (bicyclic) bond motifs is 1. The quantitative estimate of drug-likeness (QED) is 0.555. The van der Waals surface area contributed by atoms with Gasteiger partial charge in [-0.1, -0.05) is 6.07 Å². The first-order valence-electron chi connectivity index (χ1n) is 4.29. The van der Waals surface area contributed by atoms with Crippen LogP contribution in [0.4, 0.5) is 5.69 Å². The first-order valence-corrected chi connectivity index (χ1v) is 4.29. The van der Waals surface area contributed by atoms with Gasteiger partial charge < -0.3 is 4.74 Å². The van der Waals surface area contributed by atoms with Gasteiger partial charge >= 0.3 is 0 Å². The van der Waals surface area contributed by atoms with Gasteiger partial charge in [0.2, 0.25) is 0 Å². The van der Waals surface area contributed by atoms with E-state index in [1.165, 1.54) is 19.2 Å². The number of methoxy groups -OCH3 is 1. The molecule has 0 aliphatic rings. The Bertz CT molecular complexity index is 525. The molecule has 1 heterocycles. The van der Waals surface area contributed by atoms with E-state index in [0.29, 0.717) is 16.7 Å². The molecule has 0 radical (unpaired) electrons. The molecule has 0 bridgehead atoms. The molecule has 0 N–H and O–H groups in total. The van der Waals surface area contributed by atoms with Crippen molar-refractivity contribution in [3.63, 3.8) is 0 Å². The van der Waals surface area contributed by atoms with Crippen LogP contribution in [0.5, 0.6) is 5.75 Å². The average Bonchev–Trinajstić information content (AvgIpc) is 2.27. The van der Waals surface area contributed by atoms with Gasteiger partial charge in [-0.3, -0.25) is 15.1 Å². The van der Waals surface area contributed by atoms with E-state index >= 15 is 0 Å². The summed E-state index contributed by atoms with van der Waals surface area (Å²) in [5, 5.41) is 11.3. The molecule has 1 aromatic heterocycles. The molecule has 0 atom stereocenters. The maximum Gasteiger partial charge on any atom is 0.273 e. The number of nitrogens with zero attached hydrogens (tertiary/aromatic N) is 2. The molecule has 2 aromatic rings. The number of nitro benzene ring substituents is 1. The maximum absolute atomic E-state index is 10.6. The number of pyridine rings is 1. The van der Waals surface area contributed by atoms with Gasteiger partial charge in [0.1, 0.15) is 5.52 Å². The van der Waals surface area contributed by atoms with Gasteiger partial charge in [0, 0.05) is 17.6 Å². The van der Waals surface area contributed by atoms with E-state index in [1.807, 2.05) is 0 Å². The van der Waals surface area contributed by atoms with Crippen LogP contribution in [-0.4, -0.2) is 17.0 Å². The summed E-state index contributed by atoms with van der Waals surface area (Å²) in [6, 6.07) is 6.34. The predicted molar refractivity (Wildman–Crippen MR) is 54.9 cm³/mol. The third kappa shape index (κ3) is 1.59. The molecule has 0 aliphatic heterocycles. The standard InChI is InChI=1S/C10H8N2O3/c1-15-9-6-8(12(13)14)5-7-3-2-4-11-10(7)9/h2-6H,1H3. The molecular weight excluding hydrogens is 196 g/mol. The molecule has 0 amide bonds. The van der Waals surface area contributed by atoms with Crippen LogP contribution in [-0.2, 0) is 0 Å². The number of aromatic nitrogens is 1. The molecule has 0 fully saturated rings. The van der Waals surface area contributed by atoms with E-state index in [-0.39, 0.29) is 5.69 Å². The summed E-state index contributed by atoms with van der Waals surface area (Å²) >= 11 is 0. The normalized spacial score (nSPS) is 10.2. The van der Waals surface area contributed by atoms with Crippen LogP contribution in [0.15, 0.2) is 30.5 Å². The number of rotatable bonds is 2. The molecule has 0 unspecified atom stereocenters. The first-order chi connectivity index (χ1) is 7.22. The van der Waals surface area contributed by atoms with Gasteiger partial charge in [-0.2, -0.15) is 0 Å². The van der Waals surface area contributed by atoms with Gasteiger partial charge in [0.25, 0.3) is 5.69 Å². The Labute approximate surface area is 85.5 Å². The minimum atomic E-state index is -0.449. The zero-order chi connectivity index (χ0) is 10.8. The fourth-order valence-electron chi connectivity index (χ4n) is 1.40. The van der Waals surface area contributed by atoms with Crippen molar-refractivity contribution in [2.75, 3.05) is 7.11 Å². The summed E-state index contributed by atoms with van der Waals surface area (Å²) < 4.78 is 5.05.